The summed E-state index contributed by atoms with van der Waals surface area (Å²) in [4.78, 5) is 2.64. The van der Waals surface area contributed by atoms with Gasteiger partial charge in [0.25, 0.3) is 0 Å². The molecule has 10 heavy (non-hydrogen) atoms. The maximum absolute atomic E-state index is 6.07. The van der Waals surface area contributed by atoms with Gasteiger partial charge in [0.05, 0.1) is 0 Å². The van der Waals surface area contributed by atoms with Crippen molar-refractivity contribution < 1.29 is 0 Å². The van der Waals surface area contributed by atoms with E-state index < -0.39 is 0 Å². The van der Waals surface area contributed by atoms with Gasteiger partial charge in [0.15, 0.2) is 0 Å². The number of piperidine rings is 1. The first-order valence-corrected chi connectivity index (χ1v) is 4.34. The van der Waals surface area contributed by atoms with Crippen molar-refractivity contribution in [3.05, 3.63) is 0 Å². The van der Waals surface area contributed by atoms with E-state index in [0.29, 0.717) is 6.04 Å². The molecule has 1 aliphatic carbocycles. The second-order valence-corrected chi connectivity index (χ2v) is 4.18. The topological polar surface area (TPSA) is 29.3 Å². The minimum Gasteiger partial charge on any atom is -0.327 e. The van der Waals surface area contributed by atoms with Crippen LogP contribution in [0.15, 0.2) is 0 Å². The average molecular weight is 138 g/mol. The number of nitrogens with two attached hydrogens (primary N) is 1. The van der Waals surface area contributed by atoms with Crippen LogP contribution >= 0.6 is 0 Å². The standard InChI is InChI=1S/C8H14N2/c9-8-5-1-7-2-6(8)4-10(7)3-5/h5-8H,1-4,9H2. The molecular weight excluding hydrogens is 124 g/mol. The lowest BCUT2D eigenvalue weighted by Gasteiger charge is -2.31. The highest BCUT2D eigenvalue weighted by atomic mass is 15.2. The van der Waals surface area contributed by atoms with Crippen LogP contribution in [0.1, 0.15) is 12.8 Å². The highest BCUT2D eigenvalue weighted by molar-refractivity contribution is 5.06. The zero-order chi connectivity index (χ0) is 6.72. The number of hydrogen-bond acceptors (Lipinski definition) is 2. The van der Waals surface area contributed by atoms with Crippen LogP contribution < -0.4 is 5.73 Å². The predicted octanol–water partition coefficient (Wildman–Crippen LogP) is 0.0377. The molecule has 1 saturated carbocycles. The summed E-state index contributed by atoms with van der Waals surface area (Å²) < 4.78 is 0. The third-order valence-corrected chi connectivity index (χ3v) is 3.69. The van der Waals surface area contributed by atoms with Crippen molar-refractivity contribution in [2.75, 3.05) is 13.1 Å². The molecular formula is C8H14N2. The zero-order valence-corrected chi connectivity index (χ0v) is 6.16. The first-order chi connectivity index (χ1) is 4.84. The molecule has 0 amide bonds. The van der Waals surface area contributed by atoms with E-state index in [1.54, 1.807) is 0 Å². The molecule has 0 aromatic carbocycles. The van der Waals surface area contributed by atoms with Gasteiger partial charge in [-0.25, -0.2) is 0 Å². The Bertz CT molecular complexity index is 139. The lowest BCUT2D eigenvalue weighted by Crippen LogP contribution is -2.45. The third kappa shape index (κ3) is 0.487. The highest BCUT2D eigenvalue weighted by Crippen LogP contribution is 2.44. The van der Waals surface area contributed by atoms with Crippen molar-refractivity contribution in [2.24, 2.45) is 17.6 Å². The predicted molar refractivity (Wildman–Crippen MR) is 39.6 cm³/mol. The first-order valence-electron chi connectivity index (χ1n) is 4.34. The number of hydrogen-bond donors (Lipinski definition) is 1. The lowest BCUT2D eigenvalue weighted by molar-refractivity contribution is 0.224. The first kappa shape index (κ1) is 5.56. The minimum atomic E-state index is 0.551. The van der Waals surface area contributed by atoms with E-state index in [1.807, 2.05) is 0 Å². The van der Waals surface area contributed by atoms with Gasteiger partial charge in [0.2, 0.25) is 0 Å². The van der Waals surface area contributed by atoms with Crippen molar-refractivity contribution in [3.8, 4) is 0 Å². The summed E-state index contributed by atoms with van der Waals surface area (Å²) in [5.74, 6) is 1.72. The fourth-order valence-electron chi connectivity index (χ4n) is 3.16. The molecule has 0 aromatic rings. The van der Waals surface area contributed by atoms with Crippen LogP contribution in [0.3, 0.4) is 0 Å². The number of rotatable bonds is 0. The minimum absolute atomic E-state index is 0.551. The van der Waals surface area contributed by atoms with Gasteiger partial charge in [-0.15, -0.1) is 0 Å². The zero-order valence-electron chi connectivity index (χ0n) is 6.16. The Morgan fingerprint density at radius 1 is 1.10 bits per heavy atom. The molecule has 2 heteroatoms. The molecule has 3 heterocycles. The Morgan fingerprint density at radius 2 is 1.70 bits per heavy atom. The van der Waals surface area contributed by atoms with Gasteiger partial charge in [0.1, 0.15) is 0 Å². The molecule has 3 saturated heterocycles. The van der Waals surface area contributed by atoms with E-state index in [0.717, 1.165) is 17.9 Å². The molecule has 56 valence electrons. The van der Waals surface area contributed by atoms with E-state index in [-0.39, 0.29) is 0 Å². The monoisotopic (exact) mass is 138 g/mol. The van der Waals surface area contributed by atoms with Crippen molar-refractivity contribution >= 4 is 0 Å². The molecule has 4 aliphatic rings. The molecule has 2 atom stereocenters. The summed E-state index contributed by atoms with van der Waals surface area (Å²) in [6.45, 7) is 2.62. The van der Waals surface area contributed by atoms with E-state index in [9.17, 15) is 0 Å². The van der Waals surface area contributed by atoms with Crippen molar-refractivity contribution in [3.63, 3.8) is 0 Å². The van der Waals surface area contributed by atoms with Gasteiger partial charge in [-0.2, -0.15) is 0 Å². The molecule has 0 spiro atoms. The SMILES string of the molecule is NC1C2CC3CC1CN3C2. The van der Waals surface area contributed by atoms with Crippen LogP contribution in [0.2, 0.25) is 0 Å². The van der Waals surface area contributed by atoms with Crippen molar-refractivity contribution in [1.29, 1.82) is 0 Å². The fraction of sp³-hybridized carbons (Fsp3) is 1.00. The quantitative estimate of drug-likeness (QED) is 0.512. The Morgan fingerprint density at radius 3 is 2.20 bits per heavy atom. The third-order valence-electron chi connectivity index (χ3n) is 3.69. The Hall–Kier alpha value is -0.0800. The average Bonchev–Trinajstić information content (AvgIpc) is 2.33. The van der Waals surface area contributed by atoms with Crippen LogP contribution in [0.25, 0.3) is 0 Å². The molecule has 4 fully saturated rings. The Labute approximate surface area is 61.4 Å². The van der Waals surface area contributed by atoms with Crippen molar-refractivity contribution in [2.45, 2.75) is 24.9 Å². The summed E-state index contributed by atoms with van der Waals surface area (Å²) in [6.07, 6.45) is 2.80. The molecule has 4 rings (SSSR count). The van der Waals surface area contributed by atoms with E-state index in [2.05, 4.69) is 4.90 Å². The molecule has 4 bridgehead atoms. The molecule has 0 radical (unpaired) electrons. The fourth-order valence-corrected chi connectivity index (χ4v) is 3.16. The largest absolute Gasteiger partial charge is 0.327 e. The summed E-state index contributed by atoms with van der Waals surface area (Å²) in [5.41, 5.74) is 6.07. The Balaban J connectivity index is 1.98. The number of nitrogens with zero attached hydrogens (tertiary/aromatic N) is 1. The van der Waals surface area contributed by atoms with Crippen LogP contribution in [0, 0.1) is 11.8 Å². The van der Waals surface area contributed by atoms with E-state index >= 15 is 0 Å². The van der Waals surface area contributed by atoms with Gasteiger partial charge < -0.3 is 5.73 Å². The van der Waals surface area contributed by atoms with Crippen LogP contribution in [0.5, 0.6) is 0 Å². The smallest absolute Gasteiger partial charge is 0.0121 e. The van der Waals surface area contributed by atoms with Crippen LogP contribution in [-0.4, -0.2) is 30.1 Å². The second kappa shape index (κ2) is 1.56. The Kier molecular flexibility index (Phi) is 0.868. The van der Waals surface area contributed by atoms with Gasteiger partial charge >= 0.3 is 0 Å². The molecule has 2 N–H and O–H groups in total. The summed E-state index contributed by atoms with van der Waals surface area (Å²) in [7, 11) is 0. The summed E-state index contributed by atoms with van der Waals surface area (Å²) in [6, 6.07) is 1.49. The summed E-state index contributed by atoms with van der Waals surface area (Å²) >= 11 is 0. The summed E-state index contributed by atoms with van der Waals surface area (Å²) in [5, 5.41) is 0. The molecule has 2 unspecified atom stereocenters. The maximum Gasteiger partial charge on any atom is 0.0121 e. The van der Waals surface area contributed by atoms with Crippen LogP contribution in [0.4, 0.5) is 0 Å². The van der Waals surface area contributed by atoms with Gasteiger partial charge in [-0.05, 0) is 24.7 Å². The van der Waals surface area contributed by atoms with Gasteiger partial charge in [0, 0.05) is 25.2 Å². The second-order valence-electron chi connectivity index (χ2n) is 4.18. The van der Waals surface area contributed by atoms with Gasteiger partial charge in [-0.1, -0.05) is 0 Å². The van der Waals surface area contributed by atoms with Crippen molar-refractivity contribution in [1.82, 2.24) is 4.90 Å². The molecule has 3 aliphatic heterocycles. The highest BCUT2D eigenvalue weighted by Gasteiger charge is 2.50. The molecule has 2 nitrogen and oxygen atoms in total. The van der Waals surface area contributed by atoms with E-state index in [4.69, 9.17) is 5.73 Å². The van der Waals surface area contributed by atoms with Gasteiger partial charge in [-0.3, -0.25) is 4.90 Å². The lowest BCUT2D eigenvalue weighted by atomic mass is 9.79. The maximum atomic E-state index is 6.07. The molecule has 0 aromatic heterocycles. The normalized spacial score (nSPS) is 63.9. The van der Waals surface area contributed by atoms with Crippen LogP contribution in [-0.2, 0) is 0 Å². The van der Waals surface area contributed by atoms with E-state index in [1.165, 1.54) is 25.9 Å².